The standard InChI is InChI=1S/C16H17FN2O2/c1-3-18-13-7-4-11(5-8-13)16(20)19-14-9-6-12(17)10-15(14)21-2/h4-10,18H,3H2,1-2H3,(H,19,20). The van der Waals surface area contributed by atoms with E-state index in [0.29, 0.717) is 11.3 Å². The highest BCUT2D eigenvalue weighted by Gasteiger charge is 2.10. The minimum absolute atomic E-state index is 0.275. The molecule has 0 radical (unpaired) electrons. The number of amides is 1. The van der Waals surface area contributed by atoms with Gasteiger partial charge >= 0.3 is 0 Å². The van der Waals surface area contributed by atoms with E-state index in [4.69, 9.17) is 4.74 Å². The van der Waals surface area contributed by atoms with Crippen molar-refractivity contribution >= 4 is 17.3 Å². The molecule has 0 heterocycles. The first-order valence-electron chi connectivity index (χ1n) is 6.63. The van der Waals surface area contributed by atoms with Gasteiger partial charge in [-0.3, -0.25) is 4.79 Å². The van der Waals surface area contributed by atoms with Crippen LogP contribution in [0.4, 0.5) is 15.8 Å². The highest BCUT2D eigenvalue weighted by molar-refractivity contribution is 6.05. The highest BCUT2D eigenvalue weighted by Crippen LogP contribution is 2.25. The molecule has 4 nitrogen and oxygen atoms in total. The Kier molecular flexibility index (Phi) is 4.77. The topological polar surface area (TPSA) is 50.4 Å². The summed E-state index contributed by atoms with van der Waals surface area (Å²) in [6.45, 7) is 2.82. The fraction of sp³-hybridized carbons (Fsp3) is 0.188. The maximum atomic E-state index is 13.1. The zero-order valence-corrected chi connectivity index (χ0v) is 11.9. The molecule has 0 saturated heterocycles. The fourth-order valence-corrected chi connectivity index (χ4v) is 1.91. The molecular formula is C16H17FN2O2. The van der Waals surface area contributed by atoms with E-state index in [-0.39, 0.29) is 11.7 Å². The molecule has 5 heteroatoms. The highest BCUT2D eigenvalue weighted by atomic mass is 19.1. The van der Waals surface area contributed by atoms with Gasteiger partial charge in [-0.2, -0.15) is 0 Å². The Bertz CT molecular complexity index is 627. The van der Waals surface area contributed by atoms with Crippen molar-refractivity contribution in [2.45, 2.75) is 6.92 Å². The number of rotatable bonds is 5. The normalized spacial score (nSPS) is 10.0. The van der Waals surface area contributed by atoms with Gasteiger partial charge in [0.25, 0.3) is 5.91 Å². The van der Waals surface area contributed by atoms with Crippen LogP contribution in [-0.2, 0) is 0 Å². The third-order valence-corrected chi connectivity index (χ3v) is 2.94. The van der Waals surface area contributed by atoms with Crippen LogP contribution in [0.15, 0.2) is 42.5 Å². The Hall–Kier alpha value is -2.56. The Labute approximate surface area is 122 Å². The van der Waals surface area contributed by atoms with Gasteiger partial charge in [0.1, 0.15) is 11.6 Å². The van der Waals surface area contributed by atoms with E-state index in [1.165, 1.54) is 25.3 Å². The maximum absolute atomic E-state index is 13.1. The predicted molar refractivity (Wildman–Crippen MR) is 81.5 cm³/mol. The van der Waals surface area contributed by atoms with Gasteiger partial charge in [0.15, 0.2) is 0 Å². The van der Waals surface area contributed by atoms with Crippen molar-refractivity contribution in [1.82, 2.24) is 0 Å². The summed E-state index contributed by atoms with van der Waals surface area (Å²) in [5.41, 5.74) is 1.90. The average Bonchev–Trinajstić information content (AvgIpc) is 2.50. The van der Waals surface area contributed by atoms with Crippen molar-refractivity contribution in [1.29, 1.82) is 0 Å². The molecule has 110 valence electrons. The molecule has 0 fully saturated rings. The van der Waals surface area contributed by atoms with Crippen LogP contribution in [0.25, 0.3) is 0 Å². The van der Waals surface area contributed by atoms with Crippen molar-refractivity contribution in [3.63, 3.8) is 0 Å². The summed E-state index contributed by atoms with van der Waals surface area (Å²) in [5, 5.41) is 5.86. The lowest BCUT2D eigenvalue weighted by Gasteiger charge is -2.10. The van der Waals surface area contributed by atoms with Gasteiger partial charge in [-0.05, 0) is 43.3 Å². The van der Waals surface area contributed by atoms with Gasteiger partial charge < -0.3 is 15.4 Å². The van der Waals surface area contributed by atoms with Gasteiger partial charge in [-0.25, -0.2) is 4.39 Å². The molecule has 2 N–H and O–H groups in total. The van der Waals surface area contributed by atoms with Crippen molar-refractivity contribution in [2.75, 3.05) is 24.3 Å². The Morgan fingerprint density at radius 3 is 2.52 bits per heavy atom. The van der Waals surface area contributed by atoms with E-state index in [2.05, 4.69) is 10.6 Å². The number of hydrogen-bond donors (Lipinski definition) is 2. The molecule has 0 unspecified atom stereocenters. The molecule has 0 bridgehead atoms. The molecule has 2 rings (SSSR count). The molecule has 0 atom stereocenters. The van der Waals surface area contributed by atoms with Crippen LogP contribution in [0.3, 0.4) is 0 Å². The van der Waals surface area contributed by atoms with Crippen LogP contribution in [0.5, 0.6) is 5.75 Å². The van der Waals surface area contributed by atoms with Gasteiger partial charge in [0.05, 0.1) is 12.8 Å². The van der Waals surface area contributed by atoms with E-state index in [1.807, 2.05) is 19.1 Å². The Morgan fingerprint density at radius 1 is 1.19 bits per heavy atom. The number of halogens is 1. The minimum Gasteiger partial charge on any atom is -0.494 e. The molecule has 0 aliphatic heterocycles. The lowest BCUT2D eigenvalue weighted by molar-refractivity contribution is 0.102. The number of nitrogens with one attached hydrogen (secondary N) is 2. The van der Waals surface area contributed by atoms with Crippen molar-refractivity contribution in [2.24, 2.45) is 0 Å². The number of benzene rings is 2. The molecule has 2 aromatic rings. The van der Waals surface area contributed by atoms with Crippen molar-refractivity contribution in [3.8, 4) is 5.75 Å². The molecule has 0 aliphatic rings. The first kappa shape index (κ1) is 14.8. The smallest absolute Gasteiger partial charge is 0.255 e. The molecule has 0 aliphatic carbocycles. The zero-order valence-electron chi connectivity index (χ0n) is 11.9. The van der Waals surface area contributed by atoms with E-state index in [1.54, 1.807) is 12.1 Å². The monoisotopic (exact) mass is 288 g/mol. The Morgan fingerprint density at radius 2 is 1.90 bits per heavy atom. The zero-order chi connectivity index (χ0) is 15.2. The first-order chi connectivity index (χ1) is 10.1. The first-order valence-corrected chi connectivity index (χ1v) is 6.63. The second kappa shape index (κ2) is 6.74. The molecule has 0 spiro atoms. The van der Waals surface area contributed by atoms with Gasteiger partial charge in [0, 0.05) is 23.9 Å². The third-order valence-electron chi connectivity index (χ3n) is 2.94. The van der Waals surface area contributed by atoms with Crippen LogP contribution in [0, 0.1) is 5.82 Å². The maximum Gasteiger partial charge on any atom is 0.255 e. The van der Waals surface area contributed by atoms with Gasteiger partial charge in [-0.1, -0.05) is 0 Å². The predicted octanol–water partition coefficient (Wildman–Crippen LogP) is 3.52. The average molecular weight is 288 g/mol. The SMILES string of the molecule is CCNc1ccc(C(=O)Nc2ccc(F)cc2OC)cc1. The van der Waals surface area contributed by atoms with E-state index in [9.17, 15) is 9.18 Å². The van der Waals surface area contributed by atoms with E-state index >= 15 is 0 Å². The molecular weight excluding hydrogens is 271 g/mol. The number of carbonyl (C=O) groups is 1. The number of hydrogen-bond acceptors (Lipinski definition) is 3. The van der Waals surface area contributed by atoms with Gasteiger partial charge in [0.2, 0.25) is 0 Å². The molecule has 0 saturated carbocycles. The third kappa shape index (κ3) is 3.72. The summed E-state index contributed by atoms with van der Waals surface area (Å²) < 4.78 is 18.2. The largest absolute Gasteiger partial charge is 0.494 e. The molecule has 2 aromatic carbocycles. The summed E-state index contributed by atoms with van der Waals surface area (Å²) in [6, 6.07) is 11.1. The summed E-state index contributed by atoms with van der Waals surface area (Å²) in [5.74, 6) is -0.407. The summed E-state index contributed by atoms with van der Waals surface area (Å²) in [7, 11) is 1.43. The van der Waals surface area contributed by atoms with Gasteiger partial charge in [-0.15, -0.1) is 0 Å². The minimum atomic E-state index is -0.417. The van der Waals surface area contributed by atoms with Crippen LogP contribution in [-0.4, -0.2) is 19.6 Å². The van der Waals surface area contributed by atoms with Crippen LogP contribution in [0.2, 0.25) is 0 Å². The van der Waals surface area contributed by atoms with Crippen molar-refractivity contribution < 1.29 is 13.9 Å². The fourth-order valence-electron chi connectivity index (χ4n) is 1.91. The van der Waals surface area contributed by atoms with Crippen molar-refractivity contribution in [3.05, 3.63) is 53.8 Å². The Balaban J connectivity index is 2.14. The molecule has 0 aromatic heterocycles. The summed E-state index contributed by atoms with van der Waals surface area (Å²) >= 11 is 0. The van der Waals surface area contributed by atoms with E-state index in [0.717, 1.165) is 12.2 Å². The lowest BCUT2D eigenvalue weighted by Crippen LogP contribution is -2.12. The number of anilines is 2. The molecule has 1 amide bonds. The quantitative estimate of drug-likeness (QED) is 0.885. The number of methoxy groups -OCH3 is 1. The second-order valence-corrected chi connectivity index (χ2v) is 4.41. The second-order valence-electron chi connectivity index (χ2n) is 4.41. The van der Waals surface area contributed by atoms with Crippen LogP contribution < -0.4 is 15.4 Å². The molecule has 21 heavy (non-hydrogen) atoms. The van der Waals surface area contributed by atoms with Crippen LogP contribution >= 0.6 is 0 Å². The number of ether oxygens (including phenoxy) is 1. The van der Waals surface area contributed by atoms with E-state index < -0.39 is 5.82 Å². The lowest BCUT2D eigenvalue weighted by atomic mass is 10.2. The summed E-state index contributed by atoms with van der Waals surface area (Å²) in [4.78, 5) is 12.2. The number of carbonyl (C=O) groups excluding carboxylic acids is 1. The van der Waals surface area contributed by atoms with Crippen LogP contribution in [0.1, 0.15) is 17.3 Å². The summed E-state index contributed by atoms with van der Waals surface area (Å²) in [6.07, 6.45) is 0.